The van der Waals surface area contributed by atoms with Gasteiger partial charge >= 0.3 is 0 Å². The number of amides is 1. The van der Waals surface area contributed by atoms with Crippen LogP contribution in [0.3, 0.4) is 0 Å². The molecular weight excluding hydrogens is 434 g/mol. The second-order valence-corrected chi connectivity index (χ2v) is 11.2. The van der Waals surface area contributed by atoms with Crippen molar-refractivity contribution in [2.24, 2.45) is 5.92 Å². The molecule has 6 nitrogen and oxygen atoms in total. The molecule has 0 radical (unpaired) electrons. The molecule has 0 bridgehead atoms. The Morgan fingerprint density at radius 2 is 1.88 bits per heavy atom. The Labute approximate surface area is 199 Å². The second kappa shape index (κ2) is 11.1. The van der Waals surface area contributed by atoms with Gasteiger partial charge in [-0.05, 0) is 73.9 Å². The minimum Gasteiger partial charge on any atom is -0.371 e. The van der Waals surface area contributed by atoms with Crippen molar-refractivity contribution < 1.29 is 13.2 Å². The predicted molar refractivity (Wildman–Crippen MR) is 136 cm³/mol. The standard InChI is InChI=1S/C26H37N3O3S/c1-20-8-6-16-28(19-20)24-14-12-23(13-15-24)18-27-26(30)11-7-17-29(33(4,31)32)25-10-5-9-21(2)22(25)3/h5,9-10,12-15,20H,6-8,11,16-19H2,1-4H3,(H,27,30). The van der Waals surface area contributed by atoms with E-state index < -0.39 is 10.0 Å². The molecule has 0 spiro atoms. The Morgan fingerprint density at radius 1 is 1.15 bits per heavy atom. The van der Waals surface area contributed by atoms with Crippen LogP contribution < -0.4 is 14.5 Å². The van der Waals surface area contributed by atoms with Crippen LogP contribution in [0.5, 0.6) is 0 Å². The highest BCUT2D eigenvalue weighted by Gasteiger charge is 2.20. The summed E-state index contributed by atoms with van der Waals surface area (Å²) in [5.41, 5.74) is 4.96. The van der Waals surface area contributed by atoms with Crippen molar-refractivity contribution in [1.82, 2.24) is 5.32 Å². The van der Waals surface area contributed by atoms with Gasteiger partial charge in [0.15, 0.2) is 0 Å². The second-order valence-electron chi connectivity index (χ2n) is 9.29. The topological polar surface area (TPSA) is 69.7 Å². The maximum absolute atomic E-state index is 12.4. The molecule has 0 aliphatic carbocycles. The number of anilines is 2. The largest absolute Gasteiger partial charge is 0.371 e. The molecule has 1 aliphatic heterocycles. The van der Waals surface area contributed by atoms with Crippen molar-refractivity contribution in [2.45, 2.75) is 53.0 Å². The van der Waals surface area contributed by atoms with Gasteiger partial charge in [0.1, 0.15) is 0 Å². The monoisotopic (exact) mass is 471 g/mol. The van der Waals surface area contributed by atoms with Crippen LogP contribution in [-0.4, -0.2) is 40.2 Å². The molecule has 1 heterocycles. The highest BCUT2D eigenvalue weighted by atomic mass is 32.2. The molecule has 1 fully saturated rings. The number of sulfonamides is 1. The Kier molecular flexibility index (Phi) is 8.40. The number of nitrogens with one attached hydrogen (secondary N) is 1. The van der Waals surface area contributed by atoms with Crippen LogP contribution in [0.2, 0.25) is 0 Å². The first-order valence-corrected chi connectivity index (χ1v) is 13.6. The van der Waals surface area contributed by atoms with Gasteiger partial charge in [0, 0.05) is 38.3 Å². The van der Waals surface area contributed by atoms with Crippen LogP contribution in [0.15, 0.2) is 42.5 Å². The third-order valence-electron chi connectivity index (χ3n) is 6.46. The number of carbonyl (C=O) groups is 1. The number of hydrogen-bond acceptors (Lipinski definition) is 4. The molecule has 1 saturated heterocycles. The molecule has 0 aromatic heterocycles. The summed E-state index contributed by atoms with van der Waals surface area (Å²) in [5, 5.41) is 2.96. The van der Waals surface area contributed by atoms with Gasteiger partial charge in [0.2, 0.25) is 15.9 Å². The van der Waals surface area contributed by atoms with Crippen molar-refractivity contribution in [2.75, 3.05) is 35.1 Å². The molecular formula is C26H37N3O3S. The quantitative estimate of drug-likeness (QED) is 0.588. The number of carbonyl (C=O) groups excluding carboxylic acids is 1. The van der Waals surface area contributed by atoms with Gasteiger partial charge in [-0.15, -0.1) is 0 Å². The van der Waals surface area contributed by atoms with Gasteiger partial charge in [-0.3, -0.25) is 9.10 Å². The molecule has 2 aromatic carbocycles. The van der Waals surface area contributed by atoms with Crippen LogP contribution in [0, 0.1) is 19.8 Å². The van der Waals surface area contributed by atoms with Crippen molar-refractivity contribution >= 4 is 27.3 Å². The van der Waals surface area contributed by atoms with Crippen molar-refractivity contribution in [3.05, 3.63) is 59.2 Å². The van der Waals surface area contributed by atoms with Crippen LogP contribution in [0.25, 0.3) is 0 Å². The number of piperidine rings is 1. The molecule has 3 rings (SSSR count). The number of benzene rings is 2. The number of nitrogens with zero attached hydrogens (tertiary/aromatic N) is 2. The lowest BCUT2D eigenvalue weighted by atomic mass is 9.99. The Morgan fingerprint density at radius 3 is 2.55 bits per heavy atom. The lowest BCUT2D eigenvalue weighted by molar-refractivity contribution is -0.121. The van der Waals surface area contributed by atoms with Crippen LogP contribution >= 0.6 is 0 Å². The van der Waals surface area contributed by atoms with Gasteiger partial charge in [-0.25, -0.2) is 8.42 Å². The van der Waals surface area contributed by atoms with Crippen LogP contribution in [0.1, 0.15) is 49.3 Å². The van der Waals surface area contributed by atoms with E-state index in [1.807, 2.05) is 32.0 Å². The SMILES string of the molecule is Cc1cccc(N(CCCC(=O)NCc2ccc(N3CCCC(C)C3)cc2)S(C)(=O)=O)c1C. The normalized spacial score (nSPS) is 16.5. The Hall–Kier alpha value is -2.54. The fourth-order valence-corrected chi connectivity index (χ4v) is 5.41. The van der Waals surface area contributed by atoms with E-state index in [4.69, 9.17) is 0 Å². The summed E-state index contributed by atoms with van der Waals surface area (Å²) >= 11 is 0. The zero-order valence-electron chi connectivity index (χ0n) is 20.3. The van der Waals surface area contributed by atoms with E-state index in [-0.39, 0.29) is 18.9 Å². The first-order chi connectivity index (χ1) is 15.6. The number of hydrogen-bond donors (Lipinski definition) is 1. The minimum absolute atomic E-state index is 0.0710. The van der Waals surface area contributed by atoms with E-state index in [9.17, 15) is 13.2 Å². The summed E-state index contributed by atoms with van der Waals surface area (Å²) < 4.78 is 26.1. The van der Waals surface area contributed by atoms with Gasteiger partial charge in [-0.1, -0.05) is 31.2 Å². The summed E-state index contributed by atoms with van der Waals surface area (Å²) in [7, 11) is -3.43. The molecule has 1 amide bonds. The average molecular weight is 472 g/mol. The summed E-state index contributed by atoms with van der Waals surface area (Å²) in [5.74, 6) is 0.657. The summed E-state index contributed by atoms with van der Waals surface area (Å²) in [6.45, 7) is 9.14. The van der Waals surface area contributed by atoms with E-state index in [0.717, 1.165) is 35.7 Å². The lowest BCUT2D eigenvalue weighted by Crippen LogP contribution is -2.34. The van der Waals surface area contributed by atoms with E-state index in [1.54, 1.807) is 0 Å². The minimum atomic E-state index is -3.43. The molecule has 2 aromatic rings. The summed E-state index contributed by atoms with van der Waals surface area (Å²) in [6.07, 6.45) is 4.48. The van der Waals surface area contributed by atoms with Gasteiger partial charge in [0.05, 0.1) is 11.9 Å². The van der Waals surface area contributed by atoms with E-state index in [1.165, 1.54) is 29.1 Å². The molecule has 0 saturated carbocycles. The molecule has 1 N–H and O–H groups in total. The van der Waals surface area contributed by atoms with Gasteiger partial charge in [0.25, 0.3) is 0 Å². The smallest absolute Gasteiger partial charge is 0.232 e. The molecule has 1 aliphatic rings. The first-order valence-electron chi connectivity index (χ1n) is 11.8. The van der Waals surface area contributed by atoms with Crippen molar-refractivity contribution in [3.8, 4) is 0 Å². The Bertz CT molecular complexity index is 1050. The summed E-state index contributed by atoms with van der Waals surface area (Å²) in [4.78, 5) is 14.8. The fraction of sp³-hybridized carbons (Fsp3) is 0.500. The first kappa shape index (κ1) is 25.1. The molecule has 33 heavy (non-hydrogen) atoms. The molecule has 180 valence electrons. The maximum Gasteiger partial charge on any atom is 0.232 e. The lowest BCUT2D eigenvalue weighted by Gasteiger charge is -2.32. The average Bonchev–Trinajstić information content (AvgIpc) is 2.77. The number of aryl methyl sites for hydroxylation is 1. The number of rotatable bonds is 9. The summed E-state index contributed by atoms with van der Waals surface area (Å²) in [6, 6.07) is 14.0. The van der Waals surface area contributed by atoms with Gasteiger partial charge in [-0.2, -0.15) is 0 Å². The van der Waals surface area contributed by atoms with Crippen molar-refractivity contribution in [3.63, 3.8) is 0 Å². The van der Waals surface area contributed by atoms with Crippen molar-refractivity contribution in [1.29, 1.82) is 0 Å². The zero-order valence-corrected chi connectivity index (χ0v) is 21.1. The Balaban J connectivity index is 1.49. The molecule has 1 atom stereocenters. The zero-order chi connectivity index (χ0) is 24.0. The van der Waals surface area contributed by atoms with Gasteiger partial charge < -0.3 is 10.2 Å². The van der Waals surface area contributed by atoms with E-state index in [2.05, 4.69) is 41.4 Å². The van der Waals surface area contributed by atoms with E-state index >= 15 is 0 Å². The predicted octanol–water partition coefficient (Wildman–Crippen LogP) is 4.40. The van der Waals surface area contributed by atoms with Crippen LogP contribution in [0.4, 0.5) is 11.4 Å². The highest BCUT2D eigenvalue weighted by molar-refractivity contribution is 7.92. The third-order valence-corrected chi connectivity index (χ3v) is 7.64. The fourth-order valence-electron chi connectivity index (χ4n) is 4.39. The molecule has 7 heteroatoms. The maximum atomic E-state index is 12.4. The molecule has 1 unspecified atom stereocenters. The van der Waals surface area contributed by atoms with E-state index in [0.29, 0.717) is 18.7 Å². The highest BCUT2D eigenvalue weighted by Crippen LogP contribution is 2.25. The van der Waals surface area contributed by atoms with Crippen LogP contribution in [-0.2, 0) is 21.4 Å². The third kappa shape index (κ3) is 6.97.